The van der Waals surface area contributed by atoms with Crippen LogP contribution in [0.4, 0.5) is 22.0 Å². The zero-order valence-electron chi connectivity index (χ0n) is 26.2. The van der Waals surface area contributed by atoms with Crippen LogP contribution < -0.4 is 15.5 Å². The maximum Gasteiger partial charge on any atom is 0.325 e. The third kappa shape index (κ3) is 5.57. The Morgan fingerprint density at radius 3 is 2.36 bits per heavy atom. The van der Waals surface area contributed by atoms with Crippen LogP contribution in [0.3, 0.4) is 0 Å². The molecule has 7 heteroatoms. The number of aryl methyl sites for hydroxylation is 1. The molecule has 1 unspecified atom stereocenters. The largest absolute Gasteiger partial charge is 0.368 e. The van der Waals surface area contributed by atoms with Crippen molar-refractivity contribution in [1.29, 1.82) is 0 Å². The van der Waals surface area contributed by atoms with Crippen LogP contribution >= 0.6 is 0 Å². The van der Waals surface area contributed by atoms with Gasteiger partial charge in [-0.15, -0.1) is 0 Å². The number of carbonyl (C=O) groups excluding carboxylic acids is 1. The summed E-state index contributed by atoms with van der Waals surface area (Å²) in [5.41, 5.74) is 12.9. The average molecular weight is 585 g/mol. The molecule has 0 saturated heterocycles. The summed E-state index contributed by atoms with van der Waals surface area (Å²) in [5.74, 6) is 0.576. The predicted molar refractivity (Wildman–Crippen MR) is 181 cm³/mol. The molecular formula is C37H40N6O. The molecule has 0 bridgehead atoms. The molecule has 7 nitrogen and oxygen atoms in total. The molecule has 5 aromatic rings. The van der Waals surface area contributed by atoms with Gasteiger partial charge in [0.25, 0.3) is 0 Å². The van der Waals surface area contributed by atoms with E-state index in [4.69, 9.17) is 10.8 Å². The van der Waals surface area contributed by atoms with Gasteiger partial charge in [0.2, 0.25) is 0 Å². The number of fused-ring (bicyclic) bond motifs is 1. The molecule has 0 radical (unpaired) electrons. The lowest BCUT2D eigenvalue weighted by atomic mass is 9.87. The summed E-state index contributed by atoms with van der Waals surface area (Å²) in [5, 5.41) is 6.99. The number of para-hydroxylation sites is 1. The van der Waals surface area contributed by atoms with Gasteiger partial charge in [0.1, 0.15) is 5.82 Å². The number of benzene rings is 3. The highest BCUT2D eigenvalue weighted by molar-refractivity contribution is 6.09. The molecule has 0 spiro atoms. The van der Waals surface area contributed by atoms with Gasteiger partial charge in [0.05, 0.1) is 23.3 Å². The van der Waals surface area contributed by atoms with Crippen molar-refractivity contribution < 1.29 is 4.79 Å². The molecular weight excluding hydrogens is 544 g/mol. The Hall–Kier alpha value is -4.91. The van der Waals surface area contributed by atoms with Gasteiger partial charge < -0.3 is 10.6 Å². The van der Waals surface area contributed by atoms with Gasteiger partial charge in [0.15, 0.2) is 0 Å². The van der Waals surface area contributed by atoms with Crippen molar-refractivity contribution in [3.05, 3.63) is 114 Å². The van der Waals surface area contributed by atoms with Crippen molar-refractivity contribution in [2.45, 2.75) is 58.4 Å². The molecule has 2 heterocycles. The number of urea groups is 1. The lowest BCUT2D eigenvalue weighted by Crippen LogP contribution is -2.33. The van der Waals surface area contributed by atoms with Crippen molar-refractivity contribution in [3.8, 4) is 5.69 Å². The number of hydrogen-bond donors (Lipinski definition) is 1. The van der Waals surface area contributed by atoms with E-state index in [9.17, 15) is 4.79 Å². The van der Waals surface area contributed by atoms with Gasteiger partial charge in [-0.05, 0) is 73.0 Å². The summed E-state index contributed by atoms with van der Waals surface area (Å²) in [6.45, 7) is 8.27. The number of allylic oxidation sites excluding steroid dienone is 1. The van der Waals surface area contributed by atoms with Crippen molar-refractivity contribution in [3.63, 3.8) is 0 Å². The van der Waals surface area contributed by atoms with Crippen molar-refractivity contribution in [1.82, 2.24) is 14.8 Å². The van der Waals surface area contributed by atoms with Crippen LogP contribution in [0.2, 0.25) is 0 Å². The number of aromatic nitrogens is 3. The van der Waals surface area contributed by atoms with Gasteiger partial charge in [-0.25, -0.2) is 14.4 Å². The van der Waals surface area contributed by atoms with E-state index >= 15 is 0 Å². The number of likely N-dealkylation sites (N-methyl/N-ethyl adjacent to an activating group) is 1. The van der Waals surface area contributed by atoms with Crippen LogP contribution in [-0.4, -0.2) is 33.9 Å². The van der Waals surface area contributed by atoms with E-state index in [1.54, 1.807) is 15.8 Å². The van der Waals surface area contributed by atoms with Crippen LogP contribution in [0.25, 0.3) is 22.0 Å². The summed E-state index contributed by atoms with van der Waals surface area (Å²) >= 11 is 0. The van der Waals surface area contributed by atoms with E-state index in [0.29, 0.717) is 17.5 Å². The molecule has 6 rings (SSSR count). The zero-order valence-corrected chi connectivity index (χ0v) is 26.2. The fourth-order valence-electron chi connectivity index (χ4n) is 6.07. The second-order valence-corrected chi connectivity index (χ2v) is 12.7. The zero-order chi connectivity index (χ0) is 31.0. The molecule has 0 aliphatic heterocycles. The van der Waals surface area contributed by atoms with Gasteiger partial charge in [0, 0.05) is 41.3 Å². The molecule has 1 atom stereocenters. The first-order valence-corrected chi connectivity index (χ1v) is 15.3. The highest BCUT2D eigenvalue weighted by Crippen LogP contribution is 2.40. The number of amides is 2. The number of nitrogens with two attached hydrogens (primary N) is 1. The Balaban J connectivity index is 1.47. The number of pyridine rings is 1. The minimum Gasteiger partial charge on any atom is -0.368 e. The molecule has 44 heavy (non-hydrogen) atoms. The van der Waals surface area contributed by atoms with E-state index < -0.39 is 6.03 Å². The molecule has 0 fully saturated rings. The topological polar surface area (TPSA) is 80.3 Å². The van der Waals surface area contributed by atoms with Gasteiger partial charge in [-0.3, -0.25) is 4.98 Å². The maximum absolute atomic E-state index is 13.4. The molecule has 1 aliphatic rings. The van der Waals surface area contributed by atoms with E-state index in [2.05, 4.69) is 98.4 Å². The van der Waals surface area contributed by atoms with Gasteiger partial charge in [-0.2, -0.15) is 5.10 Å². The molecule has 0 saturated carbocycles. The van der Waals surface area contributed by atoms with Crippen molar-refractivity contribution in [2.75, 3.05) is 16.8 Å². The minimum atomic E-state index is -0.578. The summed E-state index contributed by atoms with van der Waals surface area (Å²) in [6.07, 6.45) is 7.41. The second-order valence-electron chi connectivity index (χ2n) is 12.7. The summed E-state index contributed by atoms with van der Waals surface area (Å²) in [7, 11) is 2.17. The molecule has 2 amide bonds. The molecule has 2 aromatic heterocycles. The SMILES string of the molecule is Cc1ccc(-n2nc(C(C)(C)C)cc2N(C(N)=O)c2ccc(C3=CC(N(C)c4ccccc4)CCC3)c3ccccc23)cn1. The lowest BCUT2D eigenvalue weighted by Gasteiger charge is -2.32. The highest BCUT2D eigenvalue weighted by atomic mass is 16.2. The van der Waals surface area contributed by atoms with E-state index in [1.165, 1.54) is 16.8 Å². The number of rotatable bonds is 6. The van der Waals surface area contributed by atoms with Gasteiger partial charge >= 0.3 is 6.03 Å². The Kier molecular flexibility index (Phi) is 7.72. The number of primary amides is 1. The summed E-state index contributed by atoms with van der Waals surface area (Å²) < 4.78 is 1.77. The van der Waals surface area contributed by atoms with E-state index in [0.717, 1.165) is 47.1 Å². The van der Waals surface area contributed by atoms with Crippen molar-refractivity contribution in [2.24, 2.45) is 5.73 Å². The number of hydrogen-bond acceptors (Lipinski definition) is 4. The summed E-state index contributed by atoms with van der Waals surface area (Å²) in [4.78, 5) is 21.8. The Morgan fingerprint density at radius 1 is 0.955 bits per heavy atom. The smallest absolute Gasteiger partial charge is 0.325 e. The second kappa shape index (κ2) is 11.6. The molecule has 2 N–H and O–H groups in total. The van der Waals surface area contributed by atoms with Crippen LogP contribution in [0.1, 0.15) is 57.0 Å². The van der Waals surface area contributed by atoms with E-state index in [-0.39, 0.29) is 5.41 Å². The Labute approximate surface area is 259 Å². The highest BCUT2D eigenvalue weighted by Gasteiger charge is 2.28. The Bertz CT molecular complexity index is 1830. The monoisotopic (exact) mass is 584 g/mol. The van der Waals surface area contributed by atoms with Gasteiger partial charge in [-0.1, -0.05) is 75.4 Å². The predicted octanol–water partition coefficient (Wildman–Crippen LogP) is 8.32. The van der Waals surface area contributed by atoms with Crippen LogP contribution in [0, 0.1) is 6.92 Å². The molecule has 3 aromatic carbocycles. The first kappa shape index (κ1) is 29.2. The average Bonchev–Trinajstić information content (AvgIpc) is 3.47. The fraction of sp³-hybridized carbons (Fsp3) is 0.270. The molecule has 224 valence electrons. The number of carbonyl (C=O) groups is 1. The third-order valence-electron chi connectivity index (χ3n) is 8.54. The normalized spacial score (nSPS) is 15.2. The van der Waals surface area contributed by atoms with E-state index in [1.807, 2.05) is 37.3 Å². The summed E-state index contributed by atoms with van der Waals surface area (Å²) in [6, 6.07) is 28.6. The van der Waals surface area contributed by atoms with Crippen molar-refractivity contribution >= 4 is 39.6 Å². The number of nitrogens with zero attached hydrogens (tertiary/aromatic N) is 5. The third-order valence-corrected chi connectivity index (χ3v) is 8.54. The lowest BCUT2D eigenvalue weighted by molar-refractivity contribution is 0.256. The number of anilines is 3. The quantitative estimate of drug-likeness (QED) is 0.218. The Morgan fingerprint density at radius 2 is 1.68 bits per heavy atom. The molecule has 1 aliphatic carbocycles. The van der Waals surface area contributed by atoms with Crippen LogP contribution in [0.15, 0.2) is 97.2 Å². The van der Waals surface area contributed by atoms with Crippen LogP contribution in [0.5, 0.6) is 0 Å². The first-order valence-electron chi connectivity index (χ1n) is 15.3. The first-order chi connectivity index (χ1) is 21.1. The fourth-order valence-corrected chi connectivity index (χ4v) is 6.07. The van der Waals surface area contributed by atoms with Crippen LogP contribution in [-0.2, 0) is 5.41 Å². The standard InChI is InChI=1S/C37H40N6O/c1-25-18-19-29(24-39-25)43-35(23-34(40-43)37(2,3)4)42(36(38)44)33-21-20-30(31-16-9-10-17-32(31)33)26-12-11-15-28(22-26)41(5)27-13-7-6-8-14-27/h6-10,13-14,16-24,28H,11-12,15H2,1-5H3,(H2,38,44). The maximum atomic E-state index is 13.4. The minimum absolute atomic E-state index is 0.246.